The second-order valence-electron chi connectivity index (χ2n) is 20.7. The summed E-state index contributed by atoms with van der Waals surface area (Å²) in [4.78, 5) is 0. The average Bonchev–Trinajstić information content (AvgIpc) is 3.33. The van der Waals surface area contributed by atoms with E-state index in [0.717, 1.165) is 67.4 Å². The molecule has 5 unspecified atom stereocenters. The van der Waals surface area contributed by atoms with Crippen LogP contribution in [0.4, 0.5) is 0 Å². The Morgan fingerprint density at radius 2 is 1.53 bits per heavy atom. The highest BCUT2D eigenvalue weighted by atomic mass is 79.9. The van der Waals surface area contributed by atoms with Gasteiger partial charge >= 0.3 is 0 Å². The van der Waals surface area contributed by atoms with Crippen LogP contribution in [0.25, 0.3) is 0 Å². The van der Waals surface area contributed by atoms with Crippen molar-refractivity contribution in [2.24, 2.45) is 28.1 Å². The van der Waals surface area contributed by atoms with Crippen molar-refractivity contribution in [2.75, 3.05) is 31.8 Å². The number of fused-ring (bicyclic) bond motifs is 2. The maximum atomic E-state index is 7.36. The van der Waals surface area contributed by atoms with Crippen LogP contribution in [-0.2, 0) is 32.5 Å². The van der Waals surface area contributed by atoms with Crippen molar-refractivity contribution in [3.8, 4) is 5.75 Å². The number of alkyl halides is 1. The number of ether oxygens (including phenoxy) is 4. The van der Waals surface area contributed by atoms with Gasteiger partial charge in [-0.1, -0.05) is 185 Å². The monoisotopic (exact) mass is 887 g/mol. The number of benzene rings is 1. The van der Waals surface area contributed by atoms with E-state index >= 15 is 0 Å². The van der Waals surface area contributed by atoms with Crippen molar-refractivity contribution >= 4 is 15.9 Å². The lowest BCUT2D eigenvalue weighted by Crippen LogP contribution is -2.40. The predicted molar refractivity (Wildman–Crippen MR) is 260 cm³/mol. The van der Waals surface area contributed by atoms with E-state index in [0.29, 0.717) is 26.4 Å². The van der Waals surface area contributed by atoms with Gasteiger partial charge in [-0.2, -0.15) is 0 Å². The second-order valence-corrected chi connectivity index (χ2v) is 21.5. The van der Waals surface area contributed by atoms with E-state index in [4.69, 9.17) is 18.9 Å². The van der Waals surface area contributed by atoms with E-state index in [1.54, 1.807) is 0 Å². The molecule has 60 heavy (non-hydrogen) atoms. The third-order valence-corrected chi connectivity index (χ3v) is 12.9. The molecule has 0 spiro atoms. The van der Waals surface area contributed by atoms with E-state index < -0.39 is 0 Å². The Balaban J connectivity index is 2.20. The third kappa shape index (κ3) is 11.5. The Labute approximate surface area is 376 Å². The lowest BCUT2D eigenvalue weighted by atomic mass is 9.68. The summed E-state index contributed by atoms with van der Waals surface area (Å²) in [6, 6.07) is 4.85. The maximum Gasteiger partial charge on any atom is 0.125 e. The van der Waals surface area contributed by atoms with E-state index in [1.165, 1.54) is 44.6 Å². The number of allylic oxidation sites excluding steroid dienone is 7. The molecule has 0 aromatic heterocycles. The lowest BCUT2D eigenvalue weighted by Gasteiger charge is -2.41. The smallest absolute Gasteiger partial charge is 0.125 e. The fourth-order valence-electron chi connectivity index (χ4n) is 9.54. The molecule has 3 bridgehead atoms. The molecule has 0 radical (unpaired) electrons. The van der Waals surface area contributed by atoms with Crippen LogP contribution in [0.15, 0.2) is 94.4 Å². The summed E-state index contributed by atoms with van der Waals surface area (Å²) in [6.07, 6.45) is 20.2. The highest BCUT2D eigenvalue weighted by molar-refractivity contribution is 9.09. The van der Waals surface area contributed by atoms with Gasteiger partial charge in [-0.05, 0) is 96.0 Å². The minimum absolute atomic E-state index is 0.0106. The number of hydrogen-bond donors (Lipinski definition) is 0. The van der Waals surface area contributed by atoms with E-state index in [9.17, 15) is 0 Å². The van der Waals surface area contributed by atoms with Crippen LogP contribution >= 0.6 is 15.9 Å². The zero-order chi connectivity index (χ0) is 44.6. The molecule has 0 saturated heterocycles. The Bertz CT molecular complexity index is 1830. The standard InChI is InChI=1S/C55H83BrO4/c1-17-23-42(52(8,9)10)29-37(7)48(57-25-18-2)45-33-46(54(14,15)16)44-32-40-35-55(34-39(44)22-6,51(60-27-20-4)47(40)50(45)58-26-19-3)36-41-31-43(53(11,12)13)30-38(21-5)49(41)59-28-24-56/h17,23,29-34,44,47-48,51H,1,18-22,24-28,35-36H2,2-16H3/b37-29-,42-23+,46-33?,50-45?. The second kappa shape index (κ2) is 21.2. The molecule has 4 nitrogen and oxygen atoms in total. The van der Waals surface area contributed by atoms with E-state index in [1.807, 2.05) is 6.08 Å². The fourth-order valence-corrected chi connectivity index (χ4v) is 9.70. The Morgan fingerprint density at radius 1 is 0.867 bits per heavy atom. The molecule has 5 heteroatoms. The summed E-state index contributed by atoms with van der Waals surface area (Å²) in [7, 11) is 0. The van der Waals surface area contributed by atoms with Gasteiger partial charge in [0.15, 0.2) is 0 Å². The molecular formula is C55H83BrO4. The van der Waals surface area contributed by atoms with E-state index in [2.05, 4.69) is 169 Å². The van der Waals surface area contributed by atoms with E-state index in [-0.39, 0.29) is 45.7 Å². The first-order valence-electron chi connectivity index (χ1n) is 23.4. The zero-order valence-electron chi connectivity index (χ0n) is 40.6. The van der Waals surface area contributed by atoms with Crippen LogP contribution in [0.2, 0.25) is 0 Å². The highest BCUT2D eigenvalue weighted by Crippen LogP contribution is 2.60. The van der Waals surface area contributed by atoms with Gasteiger partial charge in [0, 0.05) is 35.4 Å². The summed E-state index contributed by atoms with van der Waals surface area (Å²) in [5.41, 5.74) is 11.2. The first kappa shape index (κ1) is 50.0. The summed E-state index contributed by atoms with van der Waals surface area (Å²) in [5, 5.41) is 0.782. The van der Waals surface area contributed by atoms with Gasteiger partial charge in [0.2, 0.25) is 0 Å². The normalized spacial score (nSPS) is 23.1. The Hall–Kier alpha value is -2.60. The SMILES string of the molecule is C=C/C=C(\C=C(\C)C(OCCC)C1=C(OCCC)C2C3=CC(C(CC)=CC(Cc4cc(C(C)(C)C)cc(CC)c4OCCBr)(C3)C2OCCC)C(C(C)(C)C)=C1)C(C)(C)C. The molecule has 0 aliphatic heterocycles. The first-order valence-corrected chi connectivity index (χ1v) is 24.5. The average molecular weight is 888 g/mol. The largest absolute Gasteiger partial charge is 0.497 e. The van der Waals surface area contributed by atoms with Crippen molar-refractivity contribution in [3.63, 3.8) is 0 Å². The van der Waals surface area contributed by atoms with Gasteiger partial charge in [-0.15, -0.1) is 0 Å². The van der Waals surface area contributed by atoms with Gasteiger partial charge < -0.3 is 18.9 Å². The lowest BCUT2D eigenvalue weighted by molar-refractivity contribution is -0.0304. The molecule has 1 fully saturated rings. The first-order chi connectivity index (χ1) is 28.2. The van der Waals surface area contributed by atoms with Crippen molar-refractivity contribution in [1.82, 2.24) is 0 Å². The van der Waals surface area contributed by atoms with Crippen LogP contribution in [0.5, 0.6) is 5.75 Å². The van der Waals surface area contributed by atoms with Gasteiger partial charge in [-0.25, -0.2) is 0 Å². The molecule has 1 aromatic rings. The summed E-state index contributed by atoms with van der Waals surface area (Å²) < 4.78 is 28.5. The van der Waals surface area contributed by atoms with Crippen LogP contribution in [0.1, 0.15) is 153 Å². The number of rotatable bonds is 20. The Morgan fingerprint density at radius 3 is 2.08 bits per heavy atom. The fraction of sp³-hybridized carbons (Fsp3) is 0.636. The molecule has 5 atom stereocenters. The van der Waals surface area contributed by atoms with Crippen molar-refractivity contribution < 1.29 is 18.9 Å². The summed E-state index contributed by atoms with van der Waals surface area (Å²) in [5.74, 6) is 2.16. The topological polar surface area (TPSA) is 36.9 Å². The van der Waals surface area contributed by atoms with Gasteiger partial charge in [0.05, 0.1) is 25.2 Å². The molecule has 0 heterocycles. The molecule has 0 N–H and O–H groups in total. The van der Waals surface area contributed by atoms with Crippen LogP contribution in [0, 0.1) is 28.1 Å². The molecule has 4 rings (SSSR count). The highest BCUT2D eigenvalue weighted by Gasteiger charge is 2.56. The molecule has 1 aromatic carbocycles. The van der Waals surface area contributed by atoms with Crippen molar-refractivity contribution in [3.05, 3.63) is 111 Å². The van der Waals surface area contributed by atoms with Gasteiger partial charge in [0.25, 0.3) is 0 Å². The molecule has 334 valence electrons. The number of halogens is 1. The third-order valence-electron chi connectivity index (χ3n) is 12.6. The van der Waals surface area contributed by atoms with Gasteiger partial charge in [0.1, 0.15) is 17.6 Å². The summed E-state index contributed by atoms with van der Waals surface area (Å²) >= 11 is 3.67. The van der Waals surface area contributed by atoms with Crippen molar-refractivity contribution in [1.29, 1.82) is 0 Å². The number of aryl methyl sites for hydroxylation is 1. The van der Waals surface area contributed by atoms with Crippen LogP contribution < -0.4 is 4.74 Å². The van der Waals surface area contributed by atoms with Crippen molar-refractivity contribution in [2.45, 2.75) is 166 Å². The molecule has 1 saturated carbocycles. The van der Waals surface area contributed by atoms with Gasteiger partial charge in [-0.3, -0.25) is 0 Å². The Kier molecular flexibility index (Phi) is 17.7. The van der Waals surface area contributed by atoms with Crippen LogP contribution in [-0.4, -0.2) is 44.0 Å². The summed E-state index contributed by atoms with van der Waals surface area (Å²) in [6.45, 7) is 41.1. The number of hydrogen-bond acceptors (Lipinski definition) is 4. The minimum Gasteiger partial charge on any atom is -0.497 e. The minimum atomic E-state index is -0.331. The molecule has 3 aliphatic carbocycles. The maximum absolute atomic E-state index is 7.36. The zero-order valence-corrected chi connectivity index (χ0v) is 42.2. The molecular weight excluding hydrogens is 805 g/mol. The quantitative estimate of drug-likeness (QED) is 0.0743. The molecule has 3 aliphatic rings. The van der Waals surface area contributed by atoms with Crippen LogP contribution in [0.3, 0.4) is 0 Å². The molecule has 0 amide bonds. The predicted octanol–water partition coefficient (Wildman–Crippen LogP) is 15.1.